The van der Waals surface area contributed by atoms with Gasteiger partial charge in [0.1, 0.15) is 11.2 Å². The molecule has 0 bridgehead atoms. The third-order valence-corrected chi connectivity index (χ3v) is 3.35. The molecular formula is C14H15ClN4O. The van der Waals surface area contributed by atoms with Crippen molar-refractivity contribution in [1.29, 1.82) is 0 Å². The molecule has 2 aromatic rings. The predicted molar refractivity (Wildman–Crippen MR) is 81.6 cm³/mol. The molecule has 0 saturated carbocycles. The van der Waals surface area contributed by atoms with Gasteiger partial charge in [-0.25, -0.2) is 4.98 Å². The van der Waals surface area contributed by atoms with Crippen LogP contribution in [0, 0.1) is 6.92 Å². The highest BCUT2D eigenvalue weighted by atomic mass is 35.5. The number of fused-ring (bicyclic) bond motifs is 1. The Hall–Kier alpha value is -2.14. The molecule has 0 atom stereocenters. The summed E-state index contributed by atoms with van der Waals surface area (Å²) >= 11 is 6.32. The third-order valence-electron chi connectivity index (χ3n) is 2.77. The van der Waals surface area contributed by atoms with Gasteiger partial charge in [-0.1, -0.05) is 35.9 Å². The van der Waals surface area contributed by atoms with Gasteiger partial charge in [-0.15, -0.1) is 0 Å². The van der Waals surface area contributed by atoms with Crippen molar-refractivity contribution in [2.24, 2.45) is 0 Å². The number of nitrogens with one attached hydrogen (secondary N) is 2. The average Bonchev–Trinajstić information content (AvgIpc) is 2.78. The molecule has 2 rings (SSSR count). The smallest absolute Gasteiger partial charge is 0.262 e. The van der Waals surface area contributed by atoms with Gasteiger partial charge in [0, 0.05) is 10.6 Å². The second kappa shape index (κ2) is 5.46. The van der Waals surface area contributed by atoms with Gasteiger partial charge in [-0.3, -0.25) is 9.89 Å². The summed E-state index contributed by atoms with van der Waals surface area (Å²) in [5, 5.41) is 7.85. The minimum atomic E-state index is -0.246. The summed E-state index contributed by atoms with van der Waals surface area (Å²) in [6.07, 6.45) is 3.35. The monoisotopic (exact) mass is 290 g/mol. The number of nitrogens with zero attached hydrogens (tertiary/aromatic N) is 2. The van der Waals surface area contributed by atoms with Gasteiger partial charge in [0.05, 0.1) is 5.69 Å². The van der Waals surface area contributed by atoms with Crippen LogP contribution < -0.4 is 5.56 Å². The summed E-state index contributed by atoms with van der Waals surface area (Å²) < 4.78 is 0. The molecule has 0 spiro atoms. The van der Waals surface area contributed by atoms with Crippen molar-refractivity contribution in [3.63, 3.8) is 0 Å². The molecule has 20 heavy (non-hydrogen) atoms. The molecule has 0 amide bonds. The molecule has 0 aliphatic carbocycles. The van der Waals surface area contributed by atoms with Gasteiger partial charge in [-0.05, 0) is 20.8 Å². The number of rotatable bonds is 3. The lowest BCUT2D eigenvalue weighted by atomic mass is 10.1. The summed E-state index contributed by atoms with van der Waals surface area (Å²) in [6, 6.07) is 0. The first-order valence-corrected chi connectivity index (χ1v) is 6.45. The van der Waals surface area contributed by atoms with Crippen LogP contribution in [0.2, 0.25) is 0 Å². The van der Waals surface area contributed by atoms with E-state index in [1.807, 2.05) is 13.8 Å². The van der Waals surface area contributed by atoms with E-state index in [2.05, 4.69) is 26.7 Å². The van der Waals surface area contributed by atoms with Crippen molar-refractivity contribution in [2.45, 2.75) is 20.8 Å². The van der Waals surface area contributed by atoms with Gasteiger partial charge in [0.25, 0.3) is 5.56 Å². The molecule has 0 unspecified atom stereocenters. The second-order valence-electron chi connectivity index (χ2n) is 4.58. The van der Waals surface area contributed by atoms with E-state index in [4.69, 9.17) is 11.6 Å². The zero-order chi connectivity index (χ0) is 14.9. The number of allylic oxidation sites excluding steroid dienone is 5. The maximum atomic E-state index is 12.1. The van der Waals surface area contributed by atoms with E-state index < -0.39 is 0 Å². The van der Waals surface area contributed by atoms with Crippen molar-refractivity contribution in [1.82, 2.24) is 20.2 Å². The van der Waals surface area contributed by atoms with Crippen LogP contribution in [0.5, 0.6) is 0 Å². The average molecular weight is 291 g/mol. The molecule has 0 aliphatic heterocycles. The third kappa shape index (κ3) is 2.44. The van der Waals surface area contributed by atoms with E-state index in [9.17, 15) is 4.79 Å². The van der Waals surface area contributed by atoms with E-state index in [0.29, 0.717) is 33.2 Å². The molecule has 2 N–H and O–H groups in total. The number of H-pyrrole nitrogens is 2. The van der Waals surface area contributed by atoms with Crippen LogP contribution in [0.15, 0.2) is 34.1 Å². The molecule has 6 heteroatoms. The van der Waals surface area contributed by atoms with E-state index in [-0.39, 0.29) is 5.56 Å². The molecule has 5 nitrogen and oxygen atoms in total. The van der Waals surface area contributed by atoms with Crippen molar-refractivity contribution in [3.8, 4) is 0 Å². The number of aryl methyl sites for hydroxylation is 1. The Morgan fingerprint density at radius 3 is 2.70 bits per heavy atom. The molecule has 104 valence electrons. The Bertz CT molecular complexity index is 791. The largest absolute Gasteiger partial charge is 0.310 e. The van der Waals surface area contributed by atoms with Gasteiger partial charge < -0.3 is 4.98 Å². The predicted octanol–water partition coefficient (Wildman–Crippen LogP) is 3.06. The Kier molecular flexibility index (Phi) is 3.90. The van der Waals surface area contributed by atoms with Gasteiger partial charge in [-0.2, -0.15) is 5.10 Å². The molecular weight excluding hydrogens is 276 g/mol. The SMILES string of the molecule is C=C/C=C(\C(Cl)=C(C)C)c1[nH]nc2nc(C)[nH]c(=O)c12. The van der Waals surface area contributed by atoms with E-state index in [0.717, 1.165) is 5.57 Å². The van der Waals surface area contributed by atoms with Crippen LogP contribution in [0.1, 0.15) is 25.4 Å². The molecule has 0 fully saturated rings. The number of hydrogen-bond acceptors (Lipinski definition) is 3. The molecule has 0 saturated heterocycles. The topological polar surface area (TPSA) is 74.4 Å². The maximum absolute atomic E-state index is 12.1. The maximum Gasteiger partial charge on any atom is 0.262 e. The quantitative estimate of drug-likeness (QED) is 0.853. The summed E-state index contributed by atoms with van der Waals surface area (Å²) in [7, 11) is 0. The van der Waals surface area contributed by atoms with Crippen LogP contribution in [0.3, 0.4) is 0 Å². The molecule has 0 aromatic carbocycles. The van der Waals surface area contributed by atoms with Gasteiger partial charge in [0.2, 0.25) is 0 Å². The summed E-state index contributed by atoms with van der Waals surface area (Å²) in [6.45, 7) is 9.17. The van der Waals surface area contributed by atoms with Crippen molar-refractivity contribution in [3.05, 3.63) is 51.2 Å². The standard InChI is InChI=1S/C14H15ClN4O/c1-5-6-9(11(15)7(2)3)12-10-13(19-18-12)16-8(4)17-14(10)20/h5-6H,1H2,2-4H3,(H2,16,17,18,19,20)/b9-6+. The first-order chi connectivity index (χ1) is 9.45. The lowest BCUT2D eigenvalue weighted by molar-refractivity contribution is 1.03. The lowest BCUT2D eigenvalue weighted by Crippen LogP contribution is -2.10. The highest BCUT2D eigenvalue weighted by Gasteiger charge is 2.17. The number of hydrogen-bond donors (Lipinski definition) is 2. The fourth-order valence-corrected chi connectivity index (χ4v) is 2.05. The van der Waals surface area contributed by atoms with Crippen molar-refractivity contribution in [2.75, 3.05) is 0 Å². The summed E-state index contributed by atoms with van der Waals surface area (Å²) in [4.78, 5) is 19.0. The Labute approximate surface area is 121 Å². The fourth-order valence-electron chi connectivity index (χ4n) is 1.89. The van der Waals surface area contributed by atoms with E-state index in [1.54, 1.807) is 19.1 Å². The van der Waals surface area contributed by atoms with E-state index >= 15 is 0 Å². The second-order valence-corrected chi connectivity index (χ2v) is 4.96. The van der Waals surface area contributed by atoms with Gasteiger partial charge in [0.15, 0.2) is 5.65 Å². The Balaban J connectivity index is 2.81. The molecule has 2 heterocycles. The lowest BCUT2D eigenvalue weighted by Gasteiger charge is -2.06. The zero-order valence-electron chi connectivity index (χ0n) is 11.5. The fraction of sp³-hybridized carbons (Fsp3) is 0.214. The number of halogens is 1. The zero-order valence-corrected chi connectivity index (χ0v) is 12.3. The van der Waals surface area contributed by atoms with Gasteiger partial charge >= 0.3 is 0 Å². The van der Waals surface area contributed by atoms with Crippen molar-refractivity contribution < 1.29 is 0 Å². The van der Waals surface area contributed by atoms with E-state index in [1.165, 1.54) is 0 Å². The number of aromatic amines is 2. The highest BCUT2D eigenvalue weighted by molar-refractivity contribution is 6.37. The minimum Gasteiger partial charge on any atom is -0.310 e. The highest BCUT2D eigenvalue weighted by Crippen LogP contribution is 2.30. The first kappa shape index (κ1) is 14.3. The summed E-state index contributed by atoms with van der Waals surface area (Å²) in [5.41, 5.74) is 2.26. The molecule has 0 radical (unpaired) electrons. The molecule has 0 aliphatic rings. The minimum absolute atomic E-state index is 0.246. The van der Waals surface area contributed by atoms with Crippen LogP contribution in [-0.4, -0.2) is 20.2 Å². The van der Waals surface area contributed by atoms with Crippen LogP contribution in [0.4, 0.5) is 0 Å². The van der Waals surface area contributed by atoms with Crippen molar-refractivity contribution >= 4 is 28.2 Å². The van der Waals surface area contributed by atoms with Crippen LogP contribution in [0.25, 0.3) is 16.6 Å². The Morgan fingerprint density at radius 1 is 1.40 bits per heavy atom. The van der Waals surface area contributed by atoms with Crippen LogP contribution >= 0.6 is 11.6 Å². The molecule has 2 aromatic heterocycles. The number of aromatic nitrogens is 4. The summed E-state index contributed by atoms with van der Waals surface area (Å²) in [5.74, 6) is 0.517. The Morgan fingerprint density at radius 2 is 2.10 bits per heavy atom. The van der Waals surface area contributed by atoms with Crippen LogP contribution in [-0.2, 0) is 0 Å². The normalized spacial score (nSPS) is 11.7. The first-order valence-electron chi connectivity index (χ1n) is 6.07.